The van der Waals surface area contributed by atoms with Gasteiger partial charge in [-0.1, -0.05) is 11.6 Å². The summed E-state index contributed by atoms with van der Waals surface area (Å²) in [6.45, 7) is 0. The number of amides is 1. The lowest BCUT2D eigenvalue weighted by atomic mass is 9.87. The molecule has 2 aromatic carbocycles. The lowest BCUT2D eigenvalue weighted by Crippen LogP contribution is -2.59. The van der Waals surface area contributed by atoms with Crippen LogP contribution in [0, 0.1) is 11.3 Å². The number of nitrogens with one attached hydrogen (secondary N) is 1. The normalized spacial score (nSPS) is 14.4. The standard InChI is InChI=1S/C18H7BrClF9N2O/c19-11-5-10(15(21,17(24,25)26)16(22,23)18(27,28)29)6-12(20)13(11)31-14(32)9-3-1-8(7-30)2-4-9/h1-6H,(H,31,32). The highest BCUT2D eigenvalue weighted by Crippen LogP contribution is 2.59. The highest BCUT2D eigenvalue weighted by Gasteiger charge is 2.81. The lowest BCUT2D eigenvalue weighted by molar-refractivity contribution is -0.389. The Kier molecular flexibility index (Phi) is 6.83. The highest BCUT2D eigenvalue weighted by atomic mass is 79.9. The van der Waals surface area contributed by atoms with Crippen molar-refractivity contribution in [3.8, 4) is 6.07 Å². The number of nitrogens with zero attached hydrogens (tertiary/aromatic N) is 1. The monoisotopic (exact) mass is 552 g/mol. The van der Waals surface area contributed by atoms with E-state index in [0.717, 1.165) is 0 Å². The number of hydrogen-bond donors (Lipinski definition) is 1. The summed E-state index contributed by atoms with van der Waals surface area (Å²) >= 11 is 8.28. The van der Waals surface area contributed by atoms with Crippen molar-refractivity contribution >= 4 is 39.1 Å². The van der Waals surface area contributed by atoms with Crippen molar-refractivity contribution in [2.24, 2.45) is 0 Å². The summed E-state index contributed by atoms with van der Waals surface area (Å²) in [5, 5.41) is 9.87. The van der Waals surface area contributed by atoms with Crippen LogP contribution < -0.4 is 5.32 Å². The second kappa shape index (κ2) is 8.47. The second-order valence-corrected chi connectivity index (χ2v) is 7.45. The molecule has 14 heteroatoms. The van der Waals surface area contributed by atoms with E-state index < -0.39 is 50.6 Å². The molecule has 0 fully saturated rings. The molecule has 0 heterocycles. The SMILES string of the molecule is N#Cc1ccc(C(=O)Nc2c(Cl)cc(C(F)(C(F)(F)F)C(F)(F)C(F)(F)F)cc2Br)cc1. The average Bonchev–Trinajstić information content (AvgIpc) is 2.67. The van der Waals surface area contributed by atoms with Gasteiger partial charge in [0.1, 0.15) is 0 Å². The number of anilines is 1. The van der Waals surface area contributed by atoms with Gasteiger partial charge in [0.25, 0.3) is 5.91 Å². The summed E-state index contributed by atoms with van der Waals surface area (Å²) < 4.78 is 119. The molecule has 1 N–H and O–H groups in total. The molecule has 1 unspecified atom stereocenters. The summed E-state index contributed by atoms with van der Waals surface area (Å²) in [7, 11) is 0. The maximum absolute atomic E-state index is 14.6. The van der Waals surface area contributed by atoms with Gasteiger partial charge in [0.2, 0.25) is 0 Å². The van der Waals surface area contributed by atoms with Gasteiger partial charge in [-0.25, -0.2) is 4.39 Å². The molecular formula is C18H7BrClF9N2O. The van der Waals surface area contributed by atoms with E-state index in [4.69, 9.17) is 16.9 Å². The third-order valence-corrected chi connectivity index (χ3v) is 5.06. The smallest absolute Gasteiger partial charge is 0.320 e. The molecule has 0 aliphatic heterocycles. The molecule has 0 aliphatic rings. The molecule has 0 saturated heterocycles. The van der Waals surface area contributed by atoms with Crippen molar-refractivity contribution in [1.82, 2.24) is 0 Å². The zero-order valence-corrected chi connectivity index (χ0v) is 17.3. The molecule has 1 atom stereocenters. The van der Waals surface area contributed by atoms with E-state index >= 15 is 0 Å². The first-order valence-electron chi connectivity index (χ1n) is 7.98. The van der Waals surface area contributed by atoms with Gasteiger partial charge in [0, 0.05) is 15.6 Å². The van der Waals surface area contributed by atoms with Gasteiger partial charge < -0.3 is 5.32 Å². The molecule has 0 aromatic heterocycles. The molecule has 3 nitrogen and oxygen atoms in total. The minimum atomic E-state index is -6.89. The average molecular weight is 554 g/mol. The fourth-order valence-electron chi connectivity index (χ4n) is 2.49. The van der Waals surface area contributed by atoms with Gasteiger partial charge in [0.05, 0.1) is 22.3 Å². The molecule has 172 valence electrons. The number of halogens is 11. The fraction of sp³-hybridized carbons (Fsp3) is 0.222. The number of alkyl halides is 9. The molecular weight excluding hydrogens is 547 g/mol. The zero-order valence-electron chi connectivity index (χ0n) is 15.0. The molecule has 2 rings (SSSR count). The molecule has 0 radical (unpaired) electrons. The Hall–Kier alpha value is -2.46. The molecule has 1 amide bonds. The molecule has 0 aliphatic carbocycles. The Morgan fingerprint density at radius 3 is 1.88 bits per heavy atom. The number of hydrogen-bond acceptors (Lipinski definition) is 2. The fourth-order valence-corrected chi connectivity index (χ4v) is 3.43. The minimum absolute atomic E-state index is 0.00735. The van der Waals surface area contributed by atoms with Gasteiger partial charge in [-0.2, -0.15) is 40.4 Å². The van der Waals surface area contributed by atoms with Crippen molar-refractivity contribution in [2.45, 2.75) is 23.9 Å². The van der Waals surface area contributed by atoms with E-state index in [0.29, 0.717) is 0 Å². The minimum Gasteiger partial charge on any atom is -0.320 e. The second-order valence-electron chi connectivity index (χ2n) is 6.19. The van der Waals surface area contributed by atoms with E-state index in [1.807, 2.05) is 0 Å². The van der Waals surface area contributed by atoms with Crippen LogP contribution in [0.4, 0.5) is 45.2 Å². The number of carbonyl (C=O) groups excluding carboxylic acids is 1. The summed E-state index contributed by atoms with van der Waals surface area (Å²) in [6.07, 6.45) is -13.6. The maximum Gasteiger partial charge on any atom is 0.457 e. The predicted octanol–water partition coefficient (Wildman–Crippen LogP) is 7.15. The van der Waals surface area contributed by atoms with E-state index in [2.05, 4.69) is 21.2 Å². The van der Waals surface area contributed by atoms with Gasteiger partial charge in [-0.3, -0.25) is 4.79 Å². The van der Waals surface area contributed by atoms with E-state index in [1.54, 1.807) is 6.07 Å². The van der Waals surface area contributed by atoms with Crippen molar-refractivity contribution in [1.29, 1.82) is 5.26 Å². The molecule has 32 heavy (non-hydrogen) atoms. The van der Waals surface area contributed by atoms with Crippen molar-refractivity contribution in [3.63, 3.8) is 0 Å². The van der Waals surface area contributed by atoms with E-state index in [-0.39, 0.29) is 23.3 Å². The Labute approximate surface area is 186 Å². The molecule has 2 aromatic rings. The van der Waals surface area contributed by atoms with Crippen LogP contribution in [0.2, 0.25) is 5.02 Å². The van der Waals surface area contributed by atoms with Gasteiger partial charge in [-0.05, 0) is 52.3 Å². The maximum atomic E-state index is 14.6. The number of carbonyl (C=O) groups is 1. The number of benzene rings is 2. The van der Waals surface area contributed by atoms with Crippen LogP contribution in [-0.2, 0) is 5.67 Å². The summed E-state index contributed by atoms with van der Waals surface area (Å²) in [4.78, 5) is 12.3. The van der Waals surface area contributed by atoms with E-state index in [9.17, 15) is 44.3 Å². The Morgan fingerprint density at radius 1 is 0.938 bits per heavy atom. The topological polar surface area (TPSA) is 52.9 Å². The Morgan fingerprint density at radius 2 is 1.47 bits per heavy atom. The van der Waals surface area contributed by atoms with Crippen molar-refractivity contribution < 1.29 is 44.3 Å². The zero-order chi connectivity index (χ0) is 24.7. The van der Waals surface area contributed by atoms with Gasteiger partial charge >= 0.3 is 23.9 Å². The lowest BCUT2D eigenvalue weighted by Gasteiger charge is -2.36. The van der Waals surface area contributed by atoms with Crippen LogP contribution in [0.1, 0.15) is 21.5 Å². The first kappa shape index (κ1) is 25.8. The molecule has 0 saturated carbocycles. The van der Waals surface area contributed by atoms with Crippen LogP contribution in [0.3, 0.4) is 0 Å². The van der Waals surface area contributed by atoms with Crippen molar-refractivity contribution in [3.05, 3.63) is 62.6 Å². The largest absolute Gasteiger partial charge is 0.457 e. The molecule has 0 spiro atoms. The number of rotatable bonds is 4. The third-order valence-electron chi connectivity index (χ3n) is 4.13. The Bertz CT molecular complexity index is 1050. The quantitative estimate of drug-likeness (QED) is 0.409. The number of nitriles is 1. The van der Waals surface area contributed by atoms with Crippen LogP contribution >= 0.6 is 27.5 Å². The summed E-state index contributed by atoms with van der Waals surface area (Å²) in [5.74, 6) is -7.79. The van der Waals surface area contributed by atoms with Crippen LogP contribution in [-0.4, -0.2) is 24.2 Å². The summed E-state index contributed by atoms with van der Waals surface area (Å²) in [6, 6.07) is 6.62. The van der Waals surface area contributed by atoms with Crippen molar-refractivity contribution in [2.75, 3.05) is 5.32 Å². The predicted molar refractivity (Wildman–Crippen MR) is 98.1 cm³/mol. The summed E-state index contributed by atoms with van der Waals surface area (Å²) in [5.41, 5.74) is -8.71. The Balaban J connectivity index is 2.55. The first-order chi connectivity index (χ1) is 14.5. The van der Waals surface area contributed by atoms with Crippen LogP contribution in [0.25, 0.3) is 0 Å². The van der Waals surface area contributed by atoms with E-state index in [1.165, 1.54) is 24.3 Å². The third kappa shape index (κ3) is 4.38. The molecule has 0 bridgehead atoms. The van der Waals surface area contributed by atoms with Gasteiger partial charge in [-0.15, -0.1) is 0 Å². The van der Waals surface area contributed by atoms with Gasteiger partial charge in [0.15, 0.2) is 0 Å². The van der Waals surface area contributed by atoms with Crippen LogP contribution in [0.5, 0.6) is 0 Å². The first-order valence-corrected chi connectivity index (χ1v) is 9.15. The highest BCUT2D eigenvalue weighted by molar-refractivity contribution is 9.10. The van der Waals surface area contributed by atoms with Crippen LogP contribution in [0.15, 0.2) is 40.9 Å².